The van der Waals surface area contributed by atoms with E-state index in [1.54, 1.807) is 24.4 Å². The summed E-state index contributed by atoms with van der Waals surface area (Å²) in [6, 6.07) is 6.71. The fourth-order valence-corrected chi connectivity index (χ4v) is 2.94. The number of nitrogens with zero attached hydrogens (tertiary/aromatic N) is 5. The number of aromatic hydroxyl groups is 1. The zero-order valence-corrected chi connectivity index (χ0v) is 15.1. The molecule has 8 nitrogen and oxygen atoms in total. The molecule has 26 heavy (non-hydrogen) atoms. The third-order valence-electron chi connectivity index (χ3n) is 4.39. The predicted octanol–water partition coefficient (Wildman–Crippen LogP) is 2.19. The maximum atomic E-state index is 10.0. The molecule has 138 valence electrons. The van der Waals surface area contributed by atoms with Crippen LogP contribution < -0.4 is 10.5 Å². The number of piperidine rings is 1. The molecule has 8 heteroatoms. The van der Waals surface area contributed by atoms with Gasteiger partial charge in [-0.15, -0.1) is 10.2 Å². The molecule has 0 amide bonds. The highest BCUT2D eigenvalue weighted by Gasteiger charge is 2.14. The Bertz CT molecular complexity index is 873. The number of anilines is 1. The van der Waals surface area contributed by atoms with Crippen LogP contribution in [0.25, 0.3) is 16.8 Å². The van der Waals surface area contributed by atoms with E-state index in [0.717, 1.165) is 0 Å². The average molecular weight is 356 g/mol. The number of hydrogen-bond acceptors (Lipinski definition) is 7. The first kappa shape index (κ1) is 17.9. The standard InChI is InChI=1S/C12H11N5O2.C6H13N/c1-19-7-2-3-8(10(18)6-7)11-9-4-5-14-17(9)12(13)16-15-11;1-7-5-3-2-4-6-7/h2-6,18H,1H3,(H2,13,16);2-6H2,1H3. The molecule has 0 aliphatic carbocycles. The van der Waals surface area contributed by atoms with E-state index in [1.165, 1.54) is 50.0 Å². The van der Waals surface area contributed by atoms with Crippen molar-refractivity contribution in [2.24, 2.45) is 0 Å². The van der Waals surface area contributed by atoms with E-state index in [0.29, 0.717) is 22.5 Å². The van der Waals surface area contributed by atoms with Gasteiger partial charge in [-0.2, -0.15) is 9.61 Å². The summed E-state index contributed by atoms with van der Waals surface area (Å²) in [5.74, 6) is 0.812. The maximum Gasteiger partial charge on any atom is 0.241 e. The van der Waals surface area contributed by atoms with Gasteiger partial charge < -0.3 is 20.5 Å². The number of phenolic OH excluding ortho intramolecular Hbond substituents is 1. The summed E-state index contributed by atoms with van der Waals surface area (Å²) in [5.41, 5.74) is 7.40. The van der Waals surface area contributed by atoms with E-state index in [9.17, 15) is 5.11 Å². The van der Waals surface area contributed by atoms with E-state index in [4.69, 9.17) is 10.5 Å². The zero-order chi connectivity index (χ0) is 18.5. The van der Waals surface area contributed by atoms with E-state index < -0.39 is 0 Å². The number of nitrogens with two attached hydrogens (primary N) is 1. The first-order valence-corrected chi connectivity index (χ1v) is 8.62. The van der Waals surface area contributed by atoms with Crippen molar-refractivity contribution in [1.29, 1.82) is 0 Å². The number of nitrogen functional groups attached to an aromatic ring is 1. The Balaban J connectivity index is 0.000000236. The number of methoxy groups -OCH3 is 1. The molecule has 3 N–H and O–H groups in total. The minimum Gasteiger partial charge on any atom is -0.507 e. The molecule has 0 radical (unpaired) electrons. The van der Waals surface area contributed by atoms with Crippen molar-refractivity contribution in [2.75, 3.05) is 33.0 Å². The van der Waals surface area contributed by atoms with Crippen LogP contribution >= 0.6 is 0 Å². The van der Waals surface area contributed by atoms with Crippen molar-refractivity contribution >= 4 is 11.5 Å². The van der Waals surface area contributed by atoms with Crippen LogP contribution in [0, 0.1) is 0 Å². The summed E-state index contributed by atoms with van der Waals surface area (Å²) in [7, 11) is 3.73. The van der Waals surface area contributed by atoms with Gasteiger partial charge in [0.1, 0.15) is 17.2 Å². The molecule has 0 bridgehead atoms. The fourth-order valence-electron chi connectivity index (χ4n) is 2.94. The van der Waals surface area contributed by atoms with Crippen LogP contribution in [-0.2, 0) is 0 Å². The van der Waals surface area contributed by atoms with Crippen molar-refractivity contribution in [1.82, 2.24) is 24.7 Å². The molecule has 3 aromatic rings. The van der Waals surface area contributed by atoms with Crippen LogP contribution in [0.5, 0.6) is 11.5 Å². The first-order valence-electron chi connectivity index (χ1n) is 8.62. The van der Waals surface area contributed by atoms with Crippen molar-refractivity contribution in [3.8, 4) is 22.8 Å². The number of ether oxygens (including phenoxy) is 1. The third-order valence-corrected chi connectivity index (χ3v) is 4.39. The highest BCUT2D eigenvalue weighted by atomic mass is 16.5. The summed E-state index contributed by atoms with van der Waals surface area (Å²) in [5, 5.41) is 21.9. The minimum absolute atomic E-state index is 0.0570. The second-order valence-electron chi connectivity index (χ2n) is 6.28. The molecular weight excluding hydrogens is 332 g/mol. The lowest BCUT2D eigenvalue weighted by Crippen LogP contribution is -2.24. The van der Waals surface area contributed by atoms with Crippen molar-refractivity contribution in [2.45, 2.75) is 19.3 Å². The highest BCUT2D eigenvalue weighted by Crippen LogP contribution is 2.33. The topological polar surface area (TPSA) is 102 Å². The summed E-state index contributed by atoms with van der Waals surface area (Å²) in [4.78, 5) is 2.39. The quantitative estimate of drug-likeness (QED) is 0.725. The molecule has 1 fully saturated rings. The Morgan fingerprint density at radius 1 is 1.12 bits per heavy atom. The maximum absolute atomic E-state index is 10.0. The second kappa shape index (κ2) is 8.01. The lowest BCUT2D eigenvalue weighted by atomic mass is 10.1. The molecule has 0 saturated carbocycles. The normalized spacial score (nSPS) is 14.7. The largest absolute Gasteiger partial charge is 0.507 e. The number of phenols is 1. The first-order chi connectivity index (χ1) is 12.6. The third kappa shape index (κ3) is 3.85. The van der Waals surface area contributed by atoms with Gasteiger partial charge in [0.05, 0.1) is 18.8 Å². The summed E-state index contributed by atoms with van der Waals surface area (Å²) < 4.78 is 6.51. The number of hydrogen-bond donors (Lipinski definition) is 2. The lowest BCUT2D eigenvalue weighted by molar-refractivity contribution is 0.277. The van der Waals surface area contributed by atoms with Gasteiger partial charge >= 0.3 is 0 Å². The second-order valence-corrected chi connectivity index (χ2v) is 6.28. The molecule has 0 spiro atoms. The van der Waals surface area contributed by atoms with Gasteiger partial charge in [0, 0.05) is 11.6 Å². The molecule has 1 saturated heterocycles. The SMILES string of the molecule is CN1CCCCC1.COc1ccc(-c2nnc(N)n3nccc23)c(O)c1. The molecule has 4 rings (SSSR count). The van der Waals surface area contributed by atoms with Gasteiger partial charge in [-0.25, -0.2) is 0 Å². The van der Waals surface area contributed by atoms with Gasteiger partial charge in [-0.1, -0.05) is 6.42 Å². The summed E-state index contributed by atoms with van der Waals surface area (Å²) >= 11 is 0. The van der Waals surface area contributed by atoms with Crippen molar-refractivity contribution in [3.05, 3.63) is 30.5 Å². The van der Waals surface area contributed by atoms with E-state index in [2.05, 4.69) is 27.2 Å². The Labute approximate surface area is 152 Å². The fraction of sp³-hybridized carbons (Fsp3) is 0.389. The van der Waals surface area contributed by atoms with Gasteiger partial charge in [0.15, 0.2) is 0 Å². The van der Waals surface area contributed by atoms with Crippen LogP contribution in [0.1, 0.15) is 19.3 Å². The summed E-state index contributed by atoms with van der Waals surface area (Å²) in [6.07, 6.45) is 5.87. The number of aromatic nitrogens is 4. The molecule has 3 heterocycles. The zero-order valence-electron chi connectivity index (χ0n) is 15.1. The lowest BCUT2D eigenvalue weighted by Gasteiger charge is -2.20. The van der Waals surface area contributed by atoms with Crippen LogP contribution in [0.3, 0.4) is 0 Å². The van der Waals surface area contributed by atoms with E-state index in [-0.39, 0.29) is 11.7 Å². The van der Waals surface area contributed by atoms with Gasteiger partial charge in [0.25, 0.3) is 0 Å². The van der Waals surface area contributed by atoms with Crippen LogP contribution in [0.2, 0.25) is 0 Å². The van der Waals surface area contributed by atoms with Gasteiger partial charge in [-0.05, 0) is 51.2 Å². The number of likely N-dealkylation sites (tertiary alicyclic amines) is 1. The predicted molar refractivity (Wildman–Crippen MR) is 100 cm³/mol. The highest BCUT2D eigenvalue weighted by molar-refractivity contribution is 5.80. The van der Waals surface area contributed by atoms with Crippen molar-refractivity contribution < 1.29 is 9.84 Å². The average Bonchev–Trinajstić information content (AvgIpc) is 3.14. The monoisotopic (exact) mass is 356 g/mol. The van der Waals surface area contributed by atoms with Crippen LogP contribution in [0.4, 0.5) is 5.95 Å². The molecule has 0 atom stereocenters. The minimum atomic E-state index is 0.0570. The van der Waals surface area contributed by atoms with Crippen LogP contribution in [0.15, 0.2) is 30.5 Å². The van der Waals surface area contributed by atoms with E-state index >= 15 is 0 Å². The van der Waals surface area contributed by atoms with Crippen molar-refractivity contribution in [3.63, 3.8) is 0 Å². The molecule has 1 aliphatic heterocycles. The molecule has 1 aromatic carbocycles. The Hall–Kier alpha value is -2.87. The molecule has 1 aliphatic rings. The Morgan fingerprint density at radius 3 is 2.50 bits per heavy atom. The molecular formula is C18H24N6O2. The Kier molecular flexibility index (Phi) is 5.52. The van der Waals surface area contributed by atoms with E-state index in [1.807, 2.05) is 0 Å². The Morgan fingerprint density at radius 2 is 1.88 bits per heavy atom. The number of fused-ring (bicyclic) bond motifs is 1. The number of benzene rings is 1. The molecule has 0 unspecified atom stereocenters. The van der Waals surface area contributed by atoms with Gasteiger partial charge in [0.2, 0.25) is 5.95 Å². The van der Waals surface area contributed by atoms with Gasteiger partial charge in [-0.3, -0.25) is 0 Å². The van der Waals surface area contributed by atoms with Crippen LogP contribution in [-0.4, -0.2) is 57.1 Å². The summed E-state index contributed by atoms with van der Waals surface area (Å²) in [6.45, 7) is 2.64. The molecule has 2 aromatic heterocycles. The number of rotatable bonds is 2. The smallest absolute Gasteiger partial charge is 0.241 e.